The first-order valence-corrected chi connectivity index (χ1v) is 6.29. The zero-order valence-electron chi connectivity index (χ0n) is 9.93. The van der Waals surface area contributed by atoms with Crippen molar-refractivity contribution >= 4 is 11.7 Å². The Morgan fingerprint density at radius 2 is 1.94 bits per heavy atom. The van der Waals surface area contributed by atoms with Crippen molar-refractivity contribution in [3.63, 3.8) is 0 Å². The molecule has 0 amide bonds. The number of anilines is 1. The predicted octanol–water partition coefficient (Wildman–Crippen LogP) is 2.99. The Balaban J connectivity index is 1.90. The maximum Gasteiger partial charge on any atom is 0.306 e. The van der Waals surface area contributed by atoms with E-state index < -0.39 is 5.97 Å². The molecule has 0 bridgehead atoms. The van der Waals surface area contributed by atoms with E-state index in [-0.39, 0.29) is 11.8 Å². The van der Waals surface area contributed by atoms with Crippen molar-refractivity contribution in [3.05, 3.63) is 30.3 Å². The highest BCUT2D eigenvalue weighted by atomic mass is 16.4. The van der Waals surface area contributed by atoms with Gasteiger partial charge in [0, 0.05) is 12.2 Å². The zero-order valence-corrected chi connectivity index (χ0v) is 9.93. The molecule has 17 heavy (non-hydrogen) atoms. The van der Waals surface area contributed by atoms with Crippen molar-refractivity contribution in [2.45, 2.75) is 25.7 Å². The fourth-order valence-corrected chi connectivity index (χ4v) is 2.58. The van der Waals surface area contributed by atoms with E-state index in [0.717, 1.165) is 37.9 Å². The van der Waals surface area contributed by atoms with Crippen LogP contribution in [-0.2, 0) is 4.79 Å². The van der Waals surface area contributed by atoms with Gasteiger partial charge in [-0.3, -0.25) is 4.79 Å². The number of nitrogens with one attached hydrogen (secondary N) is 1. The third-order valence-corrected chi connectivity index (χ3v) is 3.57. The number of carboxylic acid groups (broad SMARTS) is 1. The van der Waals surface area contributed by atoms with E-state index >= 15 is 0 Å². The molecule has 1 aliphatic carbocycles. The Bertz CT molecular complexity index is 364. The van der Waals surface area contributed by atoms with Crippen LogP contribution < -0.4 is 5.32 Å². The Labute approximate surface area is 102 Å². The largest absolute Gasteiger partial charge is 0.481 e. The molecule has 1 saturated carbocycles. The third kappa shape index (κ3) is 3.22. The van der Waals surface area contributed by atoms with Crippen LogP contribution in [0.2, 0.25) is 0 Å². The van der Waals surface area contributed by atoms with Crippen molar-refractivity contribution in [1.29, 1.82) is 0 Å². The van der Waals surface area contributed by atoms with Crippen molar-refractivity contribution in [1.82, 2.24) is 0 Å². The van der Waals surface area contributed by atoms with Crippen LogP contribution in [0.4, 0.5) is 5.69 Å². The molecule has 1 aliphatic rings. The first kappa shape index (κ1) is 12.0. The van der Waals surface area contributed by atoms with Crippen LogP contribution >= 0.6 is 0 Å². The number of benzene rings is 1. The van der Waals surface area contributed by atoms with Gasteiger partial charge in [-0.25, -0.2) is 0 Å². The lowest BCUT2D eigenvalue weighted by Gasteiger charge is -2.28. The molecule has 1 aromatic carbocycles. The summed E-state index contributed by atoms with van der Waals surface area (Å²) >= 11 is 0. The second-order valence-electron chi connectivity index (χ2n) is 4.74. The number of carbonyl (C=O) groups is 1. The highest BCUT2D eigenvalue weighted by Crippen LogP contribution is 2.30. The van der Waals surface area contributed by atoms with Crippen LogP contribution in [-0.4, -0.2) is 17.6 Å². The Kier molecular flexibility index (Phi) is 4.02. The van der Waals surface area contributed by atoms with E-state index in [0.29, 0.717) is 0 Å². The molecule has 2 rings (SSSR count). The van der Waals surface area contributed by atoms with Crippen molar-refractivity contribution in [2.24, 2.45) is 11.8 Å². The summed E-state index contributed by atoms with van der Waals surface area (Å²) in [5, 5.41) is 12.5. The fourth-order valence-electron chi connectivity index (χ4n) is 2.58. The first-order valence-electron chi connectivity index (χ1n) is 6.29. The van der Waals surface area contributed by atoms with Gasteiger partial charge in [0.05, 0.1) is 5.92 Å². The second kappa shape index (κ2) is 5.71. The van der Waals surface area contributed by atoms with Crippen LogP contribution in [0.1, 0.15) is 25.7 Å². The molecule has 1 aromatic rings. The van der Waals surface area contributed by atoms with Gasteiger partial charge < -0.3 is 10.4 Å². The number of rotatable bonds is 4. The van der Waals surface area contributed by atoms with Gasteiger partial charge in [-0.2, -0.15) is 0 Å². The lowest BCUT2D eigenvalue weighted by atomic mass is 9.79. The molecule has 92 valence electrons. The van der Waals surface area contributed by atoms with Gasteiger partial charge >= 0.3 is 5.97 Å². The first-order chi connectivity index (χ1) is 8.27. The summed E-state index contributed by atoms with van der Waals surface area (Å²) in [5.41, 5.74) is 1.07. The maximum atomic E-state index is 11.1. The normalized spacial score (nSPS) is 24.2. The molecule has 3 heteroatoms. The lowest BCUT2D eigenvalue weighted by Crippen LogP contribution is -2.31. The monoisotopic (exact) mass is 233 g/mol. The molecule has 3 nitrogen and oxygen atoms in total. The van der Waals surface area contributed by atoms with Crippen LogP contribution in [0, 0.1) is 11.8 Å². The van der Waals surface area contributed by atoms with Crippen LogP contribution in [0.15, 0.2) is 30.3 Å². The quantitative estimate of drug-likeness (QED) is 0.840. The van der Waals surface area contributed by atoms with Gasteiger partial charge in [0.1, 0.15) is 0 Å². The Hall–Kier alpha value is -1.51. The highest BCUT2D eigenvalue weighted by molar-refractivity contribution is 5.70. The summed E-state index contributed by atoms with van der Waals surface area (Å²) in [4.78, 5) is 11.1. The third-order valence-electron chi connectivity index (χ3n) is 3.57. The smallest absolute Gasteiger partial charge is 0.306 e. The van der Waals surface area contributed by atoms with Crippen LogP contribution in [0.5, 0.6) is 0 Å². The van der Waals surface area contributed by atoms with Crippen molar-refractivity contribution < 1.29 is 9.90 Å². The summed E-state index contributed by atoms with van der Waals surface area (Å²) < 4.78 is 0. The minimum atomic E-state index is -0.635. The number of hydrogen-bond donors (Lipinski definition) is 2. The molecule has 0 aromatic heterocycles. The second-order valence-corrected chi connectivity index (χ2v) is 4.74. The van der Waals surface area contributed by atoms with Gasteiger partial charge in [0.2, 0.25) is 0 Å². The highest BCUT2D eigenvalue weighted by Gasteiger charge is 2.30. The Morgan fingerprint density at radius 1 is 1.24 bits per heavy atom. The van der Waals surface area contributed by atoms with E-state index in [2.05, 4.69) is 5.32 Å². The average Bonchev–Trinajstić information content (AvgIpc) is 2.38. The van der Waals surface area contributed by atoms with E-state index in [4.69, 9.17) is 0 Å². The fraction of sp³-hybridized carbons (Fsp3) is 0.500. The van der Waals surface area contributed by atoms with Gasteiger partial charge in [-0.1, -0.05) is 31.0 Å². The molecule has 2 atom stereocenters. The maximum absolute atomic E-state index is 11.1. The summed E-state index contributed by atoms with van der Waals surface area (Å²) in [6.45, 7) is 0.765. The molecule has 0 aliphatic heterocycles. The van der Waals surface area contributed by atoms with E-state index in [1.54, 1.807) is 0 Å². The zero-order chi connectivity index (χ0) is 12.1. The summed E-state index contributed by atoms with van der Waals surface area (Å²) in [5.74, 6) is -0.536. The van der Waals surface area contributed by atoms with Crippen molar-refractivity contribution in [3.8, 4) is 0 Å². The average molecular weight is 233 g/mol. The molecule has 1 fully saturated rings. The topological polar surface area (TPSA) is 49.3 Å². The summed E-state index contributed by atoms with van der Waals surface area (Å²) in [7, 11) is 0. The lowest BCUT2D eigenvalue weighted by molar-refractivity contribution is -0.144. The molecule has 0 heterocycles. The minimum absolute atomic E-state index is 0.167. The van der Waals surface area contributed by atoms with Crippen molar-refractivity contribution in [2.75, 3.05) is 11.9 Å². The molecular formula is C14H19NO2. The molecule has 0 saturated heterocycles. The number of para-hydroxylation sites is 1. The molecule has 0 radical (unpaired) electrons. The van der Waals surface area contributed by atoms with Gasteiger partial charge in [0.25, 0.3) is 0 Å². The van der Waals surface area contributed by atoms with E-state index in [1.165, 1.54) is 0 Å². The van der Waals surface area contributed by atoms with E-state index in [1.807, 2.05) is 30.3 Å². The SMILES string of the molecule is O=C(O)C1CCCCC1CNc1ccccc1. The summed E-state index contributed by atoms with van der Waals surface area (Å²) in [6.07, 6.45) is 4.07. The van der Waals surface area contributed by atoms with Gasteiger partial charge in [-0.05, 0) is 30.9 Å². The molecule has 2 unspecified atom stereocenters. The van der Waals surface area contributed by atoms with E-state index in [9.17, 15) is 9.90 Å². The standard InChI is InChI=1S/C14H19NO2/c16-14(17)13-9-5-4-6-11(13)10-15-12-7-2-1-3-8-12/h1-3,7-8,11,13,15H,4-6,9-10H2,(H,16,17). The predicted molar refractivity (Wildman–Crippen MR) is 68.0 cm³/mol. The van der Waals surface area contributed by atoms with Crippen LogP contribution in [0.25, 0.3) is 0 Å². The molecule has 2 N–H and O–H groups in total. The van der Waals surface area contributed by atoms with Gasteiger partial charge in [0.15, 0.2) is 0 Å². The number of carboxylic acids is 1. The number of aliphatic carboxylic acids is 1. The minimum Gasteiger partial charge on any atom is -0.481 e. The Morgan fingerprint density at radius 3 is 2.65 bits per heavy atom. The summed E-state index contributed by atoms with van der Waals surface area (Å²) in [6, 6.07) is 9.97. The molecular weight excluding hydrogens is 214 g/mol. The number of hydrogen-bond acceptors (Lipinski definition) is 2. The van der Waals surface area contributed by atoms with Crippen LogP contribution in [0.3, 0.4) is 0 Å². The molecule has 0 spiro atoms. The van der Waals surface area contributed by atoms with Gasteiger partial charge in [-0.15, -0.1) is 0 Å².